The lowest BCUT2D eigenvalue weighted by atomic mass is 10.1. The summed E-state index contributed by atoms with van der Waals surface area (Å²) in [5.74, 6) is 0.583. The van der Waals surface area contributed by atoms with Crippen LogP contribution < -0.4 is 0 Å². The highest BCUT2D eigenvalue weighted by Gasteiger charge is 1.86. The van der Waals surface area contributed by atoms with Crippen molar-refractivity contribution in [2.24, 2.45) is 0 Å². The lowest BCUT2D eigenvalue weighted by Crippen LogP contribution is -1.72. The summed E-state index contributed by atoms with van der Waals surface area (Å²) in [5.41, 5.74) is 3.36. The molecule has 0 aromatic heterocycles. The second-order valence-electron chi connectivity index (χ2n) is 3.24. The van der Waals surface area contributed by atoms with E-state index in [1.165, 1.54) is 5.56 Å². The number of hydrogen-bond donors (Lipinski definition) is 0. The molecule has 1 heteroatoms. The van der Waals surface area contributed by atoms with Crippen LogP contribution in [0.4, 0.5) is 0 Å². The van der Waals surface area contributed by atoms with Gasteiger partial charge in [0.25, 0.3) is 0 Å². The molecule has 0 fully saturated rings. The van der Waals surface area contributed by atoms with E-state index in [-0.39, 0.29) is 0 Å². The average molecular weight is 209 g/mol. The van der Waals surface area contributed by atoms with Crippen LogP contribution in [-0.4, -0.2) is 5.88 Å². The lowest BCUT2D eigenvalue weighted by Gasteiger charge is -1.94. The summed E-state index contributed by atoms with van der Waals surface area (Å²) in [6, 6.07) is 10.2. The molecule has 0 saturated heterocycles. The Morgan fingerprint density at radius 3 is 1.79 bits per heavy atom. The molecule has 0 amide bonds. The molecule has 0 atom stereocenters. The third-order valence-corrected chi connectivity index (χ3v) is 1.95. The van der Waals surface area contributed by atoms with E-state index in [9.17, 15) is 0 Å². The van der Waals surface area contributed by atoms with Crippen LogP contribution in [-0.2, 0) is 0 Å². The van der Waals surface area contributed by atoms with Gasteiger partial charge in [-0.25, -0.2) is 0 Å². The van der Waals surface area contributed by atoms with Crippen molar-refractivity contribution in [3.63, 3.8) is 0 Å². The molecule has 76 valence electrons. The van der Waals surface area contributed by atoms with Gasteiger partial charge in [-0.1, -0.05) is 54.6 Å². The lowest BCUT2D eigenvalue weighted by molar-refractivity contribution is 1.43. The second-order valence-corrected chi connectivity index (χ2v) is 3.50. The Labute approximate surface area is 91.9 Å². The van der Waals surface area contributed by atoms with Crippen molar-refractivity contribution in [2.45, 2.75) is 13.8 Å². The van der Waals surface area contributed by atoms with E-state index in [0.717, 1.165) is 11.1 Å². The molecule has 0 spiro atoms. The van der Waals surface area contributed by atoms with Gasteiger partial charge in [0.1, 0.15) is 0 Å². The van der Waals surface area contributed by atoms with Gasteiger partial charge in [-0.2, -0.15) is 0 Å². The van der Waals surface area contributed by atoms with Crippen LogP contribution in [0, 0.1) is 0 Å². The molecule has 0 N–H and O–H groups in total. The molecule has 1 aromatic rings. The first-order chi connectivity index (χ1) is 6.57. The van der Waals surface area contributed by atoms with Gasteiger partial charge in [-0.15, -0.1) is 11.6 Å². The zero-order valence-electron chi connectivity index (χ0n) is 8.89. The van der Waals surface area contributed by atoms with Crippen molar-refractivity contribution in [2.75, 3.05) is 5.88 Å². The third kappa shape index (κ3) is 6.50. The van der Waals surface area contributed by atoms with Gasteiger partial charge in [-0.3, -0.25) is 0 Å². The Kier molecular flexibility index (Phi) is 6.87. The fourth-order valence-electron chi connectivity index (χ4n) is 0.723. The number of alkyl halides is 1. The summed E-state index contributed by atoms with van der Waals surface area (Å²) < 4.78 is 0. The number of allylic oxidation sites excluding steroid dienone is 2. The molecular formula is C13H17Cl. The number of halogens is 1. The fraction of sp³-hybridized carbons (Fsp3) is 0.231. The minimum Gasteiger partial charge on any atom is -0.122 e. The molecule has 0 radical (unpaired) electrons. The van der Waals surface area contributed by atoms with Crippen LogP contribution in [0.5, 0.6) is 0 Å². The van der Waals surface area contributed by atoms with Gasteiger partial charge >= 0.3 is 0 Å². The van der Waals surface area contributed by atoms with E-state index in [2.05, 4.69) is 25.3 Å². The molecule has 14 heavy (non-hydrogen) atoms. The number of benzene rings is 1. The SMILES string of the molecule is C=C(C)CCl.C=C(C)c1ccccc1. The second kappa shape index (κ2) is 7.40. The van der Waals surface area contributed by atoms with Crippen LogP contribution in [0.15, 0.2) is 49.1 Å². The molecule has 0 bridgehead atoms. The van der Waals surface area contributed by atoms with Crippen LogP contribution in [0.2, 0.25) is 0 Å². The first kappa shape index (κ1) is 13.0. The summed E-state index contributed by atoms with van der Waals surface area (Å²) in [7, 11) is 0. The van der Waals surface area contributed by atoms with Crippen molar-refractivity contribution in [3.8, 4) is 0 Å². The Morgan fingerprint density at radius 1 is 1.14 bits per heavy atom. The highest BCUT2D eigenvalue weighted by Crippen LogP contribution is 2.08. The highest BCUT2D eigenvalue weighted by atomic mass is 35.5. The highest BCUT2D eigenvalue weighted by molar-refractivity contribution is 6.19. The largest absolute Gasteiger partial charge is 0.122 e. The van der Waals surface area contributed by atoms with E-state index in [1.54, 1.807) is 0 Å². The predicted molar refractivity (Wildman–Crippen MR) is 66.7 cm³/mol. The molecule has 0 aliphatic carbocycles. The summed E-state index contributed by atoms with van der Waals surface area (Å²) in [4.78, 5) is 0. The fourth-order valence-corrected chi connectivity index (χ4v) is 0.723. The smallest absolute Gasteiger partial charge is 0.0428 e. The van der Waals surface area contributed by atoms with Crippen molar-refractivity contribution in [1.29, 1.82) is 0 Å². The van der Waals surface area contributed by atoms with Crippen molar-refractivity contribution < 1.29 is 0 Å². The maximum Gasteiger partial charge on any atom is 0.0428 e. The summed E-state index contributed by atoms with van der Waals surface area (Å²) in [6.45, 7) is 11.3. The van der Waals surface area contributed by atoms with Crippen LogP contribution in [0.1, 0.15) is 19.4 Å². The maximum atomic E-state index is 5.24. The Hall–Kier alpha value is -1.01. The standard InChI is InChI=1S/C9H10.C4H7Cl/c1-8(2)9-6-4-3-5-7-9;1-4(2)3-5/h3-7H,1H2,2H3;1,3H2,2H3. The zero-order valence-corrected chi connectivity index (χ0v) is 9.64. The predicted octanol–water partition coefficient (Wildman–Crippen LogP) is 4.52. The summed E-state index contributed by atoms with van der Waals surface area (Å²) in [5, 5.41) is 0. The number of hydrogen-bond acceptors (Lipinski definition) is 0. The first-order valence-corrected chi connectivity index (χ1v) is 5.02. The van der Waals surface area contributed by atoms with E-state index >= 15 is 0 Å². The molecule has 1 rings (SSSR count). The minimum absolute atomic E-state index is 0.583. The van der Waals surface area contributed by atoms with E-state index in [4.69, 9.17) is 11.6 Å². The van der Waals surface area contributed by atoms with E-state index in [0.29, 0.717) is 5.88 Å². The van der Waals surface area contributed by atoms with Gasteiger partial charge in [-0.05, 0) is 19.4 Å². The molecule has 0 heterocycles. The molecule has 0 nitrogen and oxygen atoms in total. The topological polar surface area (TPSA) is 0 Å². The number of rotatable bonds is 2. The molecule has 0 unspecified atom stereocenters. The molecule has 0 aliphatic rings. The van der Waals surface area contributed by atoms with E-state index < -0.39 is 0 Å². The first-order valence-electron chi connectivity index (χ1n) is 4.49. The van der Waals surface area contributed by atoms with Crippen molar-refractivity contribution in [3.05, 3.63) is 54.6 Å². The molecule has 0 aliphatic heterocycles. The Bertz CT molecular complexity index is 285. The molecule has 1 aromatic carbocycles. The van der Waals surface area contributed by atoms with Crippen molar-refractivity contribution >= 4 is 17.2 Å². The molecular weight excluding hydrogens is 192 g/mol. The van der Waals surface area contributed by atoms with Crippen LogP contribution >= 0.6 is 11.6 Å². The van der Waals surface area contributed by atoms with E-state index in [1.807, 2.05) is 32.0 Å². The Balaban J connectivity index is 0.000000292. The quantitative estimate of drug-likeness (QED) is 0.495. The van der Waals surface area contributed by atoms with Gasteiger partial charge in [0.2, 0.25) is 0 Å². The molecule has 0 saturated carbocycles. The average Bonchev–Trinajstić information content (AvgIpc) is 2.20. The van der Waals surface area contributed by atoms with Crippen LogP contribution in [0.25, 0.3) is 5.57 Å². The monoisotopic (exact) mass is 208 g/mol. The third-order valence-electron chi connectivity index (χ3n) is 1.49. The summed E-state index contributed by atoms with van der Waals surface area (Å²) in [6.07, 6.45) is 0. The summed E-state index contributed by atoms with van der Waals surface area (Å²) >= 11 is 5.24. The van der Waals surface area contributed by atoms with Gasteiger partial charge in [0, 0.05) is 5.88 Å². The van der Waals surface area contributed by atoms with Gasteiger partial charge in [0.15, 0.2) is 0 Å². The van der Waals surface area contributed by atoms with Crippen molar-refractivity contribution in [1.82, 2.24) is 0 Å². The Morgan fingerprint density at radius 2 is 1.57 bits per heavy atom. The van der Waals surface area contributed by atoms with Gasteiger partial charge < -0.3 is 0 Å². The zero-order chi connectivity index (χ0) is 11.0. The minimum atomic E-state index is 0.583. The maximum absolute atomic E-state index is 5.24. The van der Waals surface area contributed by atoms with Gasteiger partial charge in [0.05, 0.1) is 0 Å². The normalized spacial score (nSPS) is 8.50. The van der Waals surface area contributed by atoms with Crippen LogP contribution in [0.3, 0.4) is 0 Å².